The fourth-order valence-electron chi connectivity index (χ4n) is 4.41. The summed E-state index contributed by atoms with van der Waals surface area (Å²) >= 11 is 7.15. The molecule has 188 valence electrons. The minimum Gasteiger partial charge on any atom is -0.361 e. The standard InChI is InChI=1S/C27H22ClFN4O3S/c28-24-11-10-23(37-24)27(36)30-14-17-15-32(22-6-2-1-5-19(17)22)16-25(34)31-21-9-8-18(13-20(21)29)33-12-4-3-7-26(33)35/h1-13,17H,14-16H2,(H,30,36)(H,31,34). The normalized spacial score (nSPS) is 14.3. The fraction of sp³-hybridized carbons (Fsp3) is 0.148. The molecule has 1 atom stereocenters. The second-order valence-electron chi connectivity index (χ2n) is 8.57. The fourth-order valence-corrected chi connectivity index (χ4v) is 5.37. The van der Waals surface area contributed by atoms with Gasteiger partial charge in [0, 0.05) is 43.0 Å². The Hall–Kier alpha value is -3.95. The van der Waals surface area contributed by atoms with Crippen molar-refractivity contribution in [1.82, 2.24) is 9.88 Å². The van der Waals surface area contributed by atoms with Crippen LogP contribution in [0.4, 0.5) is 15.8 Å². The van der Waals surface area contributed by atoms with Crippen LogP contribution in [0.25, 0.3) is 5.69 Å². The maximum atomic E-state index is 14.8. The number of aromatic nitrogens is 1. The van der Waals surface area contributed by atoms with E-state index in [4.69, 9.17) is 11.6 Å². The van der Waals surface area contributed by atoms with Gasteiger partial charge in [-0.05, 0) is 42.0 Å². The maximum absolute atomic E-state index is 14.8. The average molecular weight is 537 g/mol. The van der Waals surface area contributed by atoms with Gasteiger partial charge < -0.3 is 15.5 Å². The lowest BCUT2D eigenvalue weighted by atomic mass is 10.0. The quantitative estimate of drug-likeness (QED) is 0.360. The first-order valence-electron chi connectivity index (χ1n) is 11.5. The van der Waals surface area contributed by atoms with Crippen LogP contribution < -0.4 is 21.1 Å². The van der Waals surface area contributed by atoms with Crippen molar-refractivity contribution in [2.75, 3.05) is 29.9 Å². The predicted molar refractivity (Wildman–Crippen MR) is 144 cm³/mol. The van der Waals surface area contributed by atoms with Crippen LogP contribution in [0.1, 0.15) is 21.2 Å². The highest BCUT2D eigenvalue weighted by Crippen LogP contribution is 2.35. The van der Waals surface area contributed by atoms with E-state index < -0.39 is 5.82 Å². The highest BCUT2D eigenvalue weighted by molar-refractivity contribution is 7.18. The number of amides is 2. The molecule has 0 spiro atoms. The molecule has 37 heavy (non-hydrogen) atoms. The molecule has 4 aromatic rings. The van der Waals surface area contributed by atoms with Crippen LogP contribution in [-0.2, 0) is 4.79 Å². The number of fused-ring (bicyclic) bond motifs is 1. The molecule has 0 radical (unpaired) electrons. The summed E-state index contributed by atoms with van der Waals surface area (Å²) in [4.78, 5) is 39.8. The van der Waals surface area contributed by atoms with Crippen LogP contribution in [-0.4, -0.2) is 36.0 Å². The molecule has 0 saturated heterocycles. The molecule has 2 amide bonds. The summed E-state index contributed by atoms with van der Waals surface area (Å²) in [6.45, 7) is 0.941. The van der Waals surface area contributed by atoms with Crippen LogP contribution in [0.3, 0.4) is 0 Å². The summed E-state index contributed by atoms with van der Waals surface area (Å²) in [6, 6.07) is 20.0. The topological polar surface area (TPSA) is 83.4 Å². The van der Waals surface area contributed by atoms with Gasteiger partial charge in [0.05, 0.1) is 27.1 Å². The molecule has 7 nitrogen and oxygen atoms in total. The number of benzene rings is 2. The van der Waals surface area contributed by atoms with E-state index in [9.17, 15) is 18.8 Å². The Labute approximate surface area is 221 Å². The lowest BCUT2D eigenvalue weighted by Gasteiger charge is -2.20. The smallest absolute Gasteiger partial charge is 0.261 e. The van der Waals surface area contributed by atoms with Gasteiger partial charge in [0.1, 0.15) is 5.82 Å². The van der Waals surface area contributed by atoms with Gasteiger partial charge in [-0.3, -0.25) is 19.0 Å². The van der Waals surface area contributed by atoms with E-state index in [1.54, 1.807) is 36.5 Å². The summed E-state index contributed by atoms with van der Waals surface area (Å²) in [5.74, 6) is -1.22. The largest absolute Gasteiger partial charge is 0.361 e. The molecule has 0 saturated carbocycles. The molecule has 0 fully saturated rings. The second kappa shape index (κ2) is 10.6. The summed E-state index contributed by atoms with van der Waals surface area (Å²) in [5, 5.41) is 5.58. The molecule has 0 bridgehead atoms. The van der Waals surface area contributed by atoms with E-state index >= 15 is 0 Å². The number of thiophene rings is 1. The molecule has 3 heterocycles. The molecular weight excluding hydrogens is 515 g/mol. The molecular formula is C27H22ClFN4O3S. The Kier molecular flexibility index (Phi) is 7.07. The Morgan fingerprint density at radius 1 is 1.05 bits per heavy atom. The summed E-state index contributed by atoms with van der Waals surface area (Å²) in [6.07, 6.45) is 1.55. The van der Waals surface area contributed by atoms with Crippen LogP contribution in [0.2, 0.25) is 4.34 Å². The van der Waals surface area contributed by atoms with Crippen molar-refractivity contribution >= 4 is 46.1 Å². The van der Waals surface area contributed by atoms with Crippen molar-refractivity contribution in [2.24, 2.45) is 0 Å². The van der Waals surface area contributed by atoms with Gasteiger partial charge in [-0.15, -0.1) is 11.3 Å². The maximum Gasteiger partial charge on any atom is 0.261 e. The lowest BCUT2D eigenvalue weighted by molar-refractivity contribution is -0.115. The first-order chi connectivity index (χ1) is 17.9. The van der Waals surface area contributed by atoms with Crippen molar-refractivity contribution in [3.8, 4) is 5.69 Å². The zero-order chi connectivity index (χ0) is 25.9. The highest BCUT2D eigenvalue weighted by Gasteiger charge is 2.30. The van der Waals surface area contributed by atoms with Crippen LogP contribution >= 0.6 is 22.9 Å². The summed E-state index contributed by atoms with van der Waals surface area (Å²) in [7, 11) is 0. The minimum absolute atomic E-state index is 0.0106. The van der Waals surface area contributed by atoms with Crippen molar-refractivity contribution in [1.29, 1.82) is 0 Å². The molecule has 2 N–H and O–H groups in total. The zero-order valence-corrected chi connectivity index (χ0v) is 21.1. The monoisotopic (exact) mass is 536 g/mol. The number of nitrogens with one attached hydrogen (secondary N) is 2. The average Bonchev–Trinajstić information content (AvgIpc) is 3.48. The molecule has 2 aromatic heterocycles. The Morgan fingerprint density at radius 3 is 2.62 bits per heavy atom. The van der Waals surface area contributed by atoms with Crippen molar-refractivity contribution < 1.29 is 14.0 Å². The van der Waals surface area contributed by atoms with Gasteiger partial charge >= 0.3 is 0 Å². The number of rotatable bonds is 7. The Bertz CT molecular complexity index is 1540. The first-order valence-corrected chi connectivity index (χ1v) is 12.7. The number of para-hydroxylation sites is 1. The number of hydrogen-bond acceptors (Lipinski definition) is 5. The lowest BCUT2D eigenvalue weighted by Crippen LogP contribution is -2.35. The van der Waals surface area contributed by atoms with E-state index in [0.29, 0.717) is 28.0 Å². The van der Waals surface area contributed by atoms with E-state index in [2.05, 4.69) is 10.6 Å². The third kappa shape index (κ3) is 5.42. The molecule has 1 aliphatic rings. The van der Waals surface area contributed by atoms with Crippen LogP contribution in [0, 0.1) is 5.82 Å². The molecule has 10 heteroatoms. The number of anilines is 2. The first kappa shape index (κ1) is 24.7. The third-order valence-electron chi connectivity index (χ3n) is 6.13. The van der Waals surface area contributed by atoms with Gasteiger partial charge in [0.25, 0.3) is 11.5 Å². The van der Waals surface area contributed by atoms with Crippen molar-refractivity contribution in [3.63, 3.8) is 0 Å². The predicted octanol–water partition coefficient (Wildman–Crippen LogP) is 4.66. The SMILES string of the molecule is O=C(CN1CC(CNC(=O)c2ccc(Cl)s2)c2ccccc21)Nc1ccc(-n2ccccc2=O)cc1F. The molecule has 1 unspecified atom stereocenters. The number of carbonyl (C=O) groups excluding carboxylic acids is 2. The molecule has 2 aromatic carbocycles. The van der Waals surface area contributed by atoms with E-state index in [-0.39, 0.29) is 35.5 Å². The molecule has 1 aliphatic heterocycles. The molecule has 0 aliphatic carbocycles. The zero-order valence-electron chi connectivity index (χ0n) is 19.5. The van der Waals surface area contributed by atoms with E-state index in [0.717, 1.165) is 11.3 Å². The van der Waals surface area contributed by atoms with Gasteiger partial charge in [-0.1, -0.05) is 35.9 Å². The van der Waals surface area contributed by atoms with E-state index in [1.807, 2.05) is 29.2 Å². The second-order valence-corrected chi connectivity index (χ2v) is 10.3. The van der Waals surface area contributed by atoms with Crippen molar-refractivity contribution in [3.05, 3.63) is 110 Å². The van der Waals surface area contributed by atoms with Crippen LogP contribution in [0.5, 0.6) is 0 Å². The van der Waals surface area contributed by atoms with Gasteiger partial charge in [-0.2, -0.15) is 0 Å². The van der Waals surface area contributed by atoms with Gasteiger partial charge in [-0.25, -0.2) is 4.39 Å². The Balaban J connectivity index is 1.24. The van der Waals surface area contributed by atoms with Crippen LogP contribution in [0.15, 0.2) is 83.8 Å². The van der Waals surface area contributed by atoms with E-state index in [1.165, 1.54) is 34.1 Å². The number of pyridine rings is 1. The highest BCUT2D eigenvalue weighted by atomic mass is 35.5. The van der Waals surface area contributed by atoms with Gasteiger partial charge in [0.2, 0.25) is 5.91 Å². The van der Waals surface area contributed by atoms with Gasteiger partial charge in [0.15, 0.2) is 0 Å². The summed E-state index contributed by atoms with van der Waals surface area (Å²) < 4.78 is 16.6. The minimum atomic E-state index is -0.641. The number of halogens is 2. The number of hydrogen-bond donors (Lipinski definition) is 2. The summed E-state index contributed by atoms with van der Waals surface area (Å²) in [5.41, 5.74) is 2.04. The number of nitrogens with zero attached hydrogens (tertiary/aromatic N) is 2. The Morgan fingerprint density at radius 2 is 1.86 bits per heavy atom. The van der Waals surface area contributed by atoms with Crippen molar-refractivity contribution in [2.45, 2.75) is 5.92 Å². The third-order valence-corrected chi connectivity index (χ3v) is 7.36. The number of carbonyl (C=O) groups is 2. The molecule has 5 rings (SSSR count).